The molecular formula is C13H7Cl3O. The van der Waals surface area contributed by atoms with Crippen molar-refractivity contribution in [3.63, 3.8) is 0 Å². The highest BCUT2D eigenvalue weighted by molar-refractivity contribution is 6.37. The van der Waals surface area contributed by atoms with Crippen molar-refractivity contribution in [1.82, 2.24) is 0 Å². The monoisotopic (exact) mass is 284 g/mol. The summed E-state index contributed by atoms with van der Waals surface area (Å²) >= 11 is 18.1. The van der Waals surface area contributed by atoms with Crippen LogP contribution in [-0.4, -0.2) is 6.29 Å². The van der Waals surface area contributed by atoms with Crippen LogP contribution >= 0.6 is 34.8 Å². The van der Waals surface area contributed by atoms with Gasteiger partial charge in [-0.1, -0.05) is 46.9 Å². The van der Waals surface area contributed by atoms with Gasteiger partial charge in [-0.25, -0.2) is 0 Å². The second kappa shape index (κ2) is 5.09. The van der Waals surface area contributed by atoms with Gasteiger partial charge in [0.15, 0.2) is 0 Å². The minimum Gasteiger partial charge on any atom is -0.298 e. The lowest BCUT2D eigenvalue weighted by Gasteiger charge is -2.07. The lowest BCUT2D eigenvalue weighted by Crippen LogP contribution is -1.85. The van der Waals surface area contributed by atoms with E-state index in [9.17, 15) is 4.79 Å². The van der Waals surface area contributed by atoms with Crippen LogP contribution in [0.2, 0.25) is 15.1 Å². The maximum Gasteiger partial charge on any atom is 0.150 e. The first-order chi connectivity index (χ1) is 8.11. The lowest BCUT2D eigenvalue weighted by molar-refractivity contribution is 0.112. The SMILES string of the molecule is O=Cc1ccc(-c2cc(Cl)ccc2Cl)c(Cl)c1. The molecule has 0 aliphatic heterocycles. The van der Waals surface area contributed by atoms with Crippen LogP contribution in [0.15, 0.2) is 36.4 Å². The molecule has 0 aromatic heterocycles. The van der Waals surface area contributed by atoms with E-state index < -0.39 is 0 Å². The van der Waals surface area contributed by atoms with Crippen molar-refractivity contribution >= 4 is 41.1 Å². The van der Waals surface area contributed by atoms with Gasteiger partial charge in [0.1, 0.15) is 6.29 Å². The molecule has 0 spiro atoms. The Hall–Kier alpha value is -1.02. The van der Waals surface area contributed by atoms with Crippen molar-refractivity contribution < 1.29 is 4.79 Å². The molecule has 0 radical (unpaired) electrons. The van der Waals surface area contributed by atoms with Crippen LogP contribution in [0, 0.1) is 0 Å². The lowest BCUT2D eigenvalue weighted by atomic mass is 10.0. The summed E-state index contributed by atoms with van der Waals surface area (Å²) in [5.74, 6) is 0. The summed E-state index contributed by atoms with van der Waals surface area (Å²) in [6, 6.07) is 10.2. The summed E-state index contributed by atoms with van der Waals surface area (Å²) < 4.78 is 0. The molecule has 0 fully saturated rings. The predicted molar refractivity (Wildman–Crippen MR) is 72.3 cm³/mol. The Morgan fingerprint density at radius 2 is 1.59 bits per heavy atom. The molecule has 0 saturated carbocycles. The van der Waals surface area contributed by atoms with Crippen molar-refractivity contribution in [3.05, 3.63) is 57.0 Å². The molecule has 2 aromatic rings. The number of halogens is 3. The van der Waals surface area contributed by atoms with Crippen LogP contribution in [0.4, 0.5) is 0 Å². The molecule has 0 N–H and O–H groups in total. The second-order valence-corrected chi connectivity index (χ2v) is 4.73. The third-order valence-electron chi connectivity index (χ3n) is 2.35. The molecule has 1 nitrogen and oxygen atoms in total. The van der Waals surface area contributed by atoms with E-state index in [-0.39, 0.29) is 0 Å². The molecule has 0 atom stereocenters. The van der Waals surface area contributed by atoms with Crippen molar-refractivity contribution in [3.8, 4) is 11.1 Å². The van der Waals surface area contributed by atoms with Gasteiger partial charge in [0.25, 0.3) is 0 Å². The summed E-state index contributed by atoms with van der Waals surface area (Å²) in [6.45, 7) is 0. The standard InChI is InChI=1S/C13H7Cl3O/c14-9-2-4-12(15)11(6-9)10-3-1-8(7-17)5-13(10)16/h1-7H. The first-order valence-electron chi connectivity index (χ1n) is 4.82. The van der Waals surface area contributed by atoms with Gasteiger partial charge in [-0.15, -0.1) is 0 Å². The Morgan fingerprint density at radius 3 is 2.24 bits per heavy atom. The third kappa shape index (κ3) is 2.63. The van der Waals surface area contributed by atoms with Gasteiger partial charge in [-0.05, 0) is 24.3 Å². The zero-order chi connectivity index (χ0) is 12.4. The van der Waals surface area contributed by atoms with Crippen molar-refractivity contribution in [1.29, 1.82) is 0 Å². The normalized spacial score (nSPS) is 10.3. The minimum atomic E-state index is 0.471. The van der Waals surface area contributed by atoms with Gasteiger partial charge < -0.3 is 0 Å². The van der Waals surface area contributed by atoms with Crippen LogP contribution in [0.5, 0.6) is 0 Å². The van der Waals surface area contributed by atoms with Gasteiger partial charge in [0.05, 0.1) is 0 Å². The largest absolute Gasteiger partial charge is 0.298 e. The van der Waals surface area contributed by atoms with Crippen LogP contribution in [0.1, 0.15) is 10.4 Å². The number of rotatable bonds is 2. The van der Waals surface area contributed by atoms with E-state index in [0.29, 0.717) is 20.6 Å². The van der Waals surface area contributed by atoms with E-state index in [0.717, 1.165) is 17.4 Å². The Balaban J connectivity index is 2.60. The molecule has 0 heterocycles. The summed E-state index contributed by atoms with van der Waals surface area (Å²) in [5.41, 5.74) is 2.03. The number of benzene rings is 2. The maximum atomic E-state index is 10.6. The second-order valence-electron chi connectivity index (χ2n) is 3.48. The predicted octanol–water partition coefficient (Wildman–Crippen LogP) is 5.13. The van der Waals surface area contributed by atoms with Gasteiger partial charge in [-0.3, -0.25) is 4.79 Å². The van der Waals surface area contributed by atoms with Crippen molar-refractivity contribution in [2.75, 3.05) is 0 Å². The number of hydrogen-bond acceptors (Lipinski definition) is 1. The summed E-state index contributed by atoms with van der Waals surface area (Å²) in [4.78, 5) is 10.6. The number of carbonyl (C=O) groups excluding carboxylic acids is 1. The van der Waals surface area contributed by atoms with E-state index in [2.05, 4.69) is 0 Å². The van der Waals surface area contributed by atoms with Crippen LogP contribution in [0.25, 0.3) is 11.1 Å². The van der Waals surface area contributed by atoms with Crippen LogP contribution in [-0.2, 0) is 0 Å². The highest BCUT2D eigenvalue weighted by Gasteiger charge is 2.09. The fraction of sp³-hybridized carbons (Fsp3) is 0. The van der Waals surface area contributed by atoms with E-state index >= 15 is 0 Å². The quantitative estimate of drug-likeness (QED) is 0.699. The first-order valence-corrected chi connectivity index (χ1v) is 5.95. The fourth-order valence-corrected chi connectivity index (χ4v) is 2.21. The molecule has 2 aromatic carbocycles. The van der Waals surface area contributed by atoms with E-state index in [1.54, 1.807) is 36.4 Å². The van der Waals surface area contributed by atoms with Crippen molar-refractivity contribution in [2.24, 2.45) is 0 Å². The van der Waals surface area contributed by atoms with E-state index in [4.69, 9.17) is 34.8 Å². The zero-order valence-electron chi connectivity index (χ0n) is 8.58. The molecule has 4 heteroatoms. The first kappa shape index (κ1) is 12.4. The molecule has 2 rings (SSSR count). The molecule has 17 heavy (non-hydrogen) atoms. The minimum absolute atomic E-state index is 0.471. The molecule has 0 amide bonds. The molecule has 0 aliphatic carbocycles. The molecule has 0 saturated heterocycles. The van der Waals surface area contributed by atoms with Gasteiger partial charge in [0.2, 0.25) is 0 Å². The van der Waals surface area contributed by atoms with Crippen LogP contribution in [0.3, 0.4) is 0 Å². The van der Waals surface area contributed by atoms with Gasteiger partial charge in [0, 0.05) is 31.8 Å². The molecular weight excluding hydrogens is 279 g/mol. The van der Waals surface area contributed by atoms with E-state index in [1.807, 2.05) is 0 Å². The average molecular weight is 286 g/mol. The summed E-state index contributed by atoms with van der Waals surface area (Å²) in [6.07, 6.45) is 0.745. The number of hydrogen-bond donors (Lipinski definition) is 0. The topological polar surface area (TPSA) is 17.1 Å². The summed E-state index contributed by atoms with van der Waals surface area (Å²) in [5, 5.41) is 1.62. The molecule has 86 valence electrons. The zero-order valence-corrected chi connectivity index (χ0v) is 10.9. The Morgan fingerprint density at radius 1 is 0.824 bits per heavy atom. The average Bonchev–Trinajstić information content (AvgIpc) is 2.32. The highest BCUT2D eigenvalue weighted by Crippen LogP contribution is 2.35. The Labute approximate surface area is 114 Å². The highest BCUT2D eigenvalue weighted by atomic mass is 35.5. The Kier molecular flexibility index (Phi) is 3.72. The maximum absolute atomic E-state index is 10.6. The fourth-order valence-electron chi connectivity index (χ4n) is 1.53. The van der Waals surface area contributed by atoms with Gasteiger partial charge >= 0.3 is 0 Å². The smallest absolute Gasteiger partial charge is 0.150 e. The third-order valence-corrected chi connectivity index (χ3v) is 3.23. The van der Waals surface area contributed by atoms with E-state index in [1.165, 1.54) is 0 Å². The van der Waals surface area contributed by atoms with Crippen molar-refractivity contribution in [2.45, 2.75) is 0 Å². The van der Waals surface area contributed by atoms with Gasteiger partial charge in [-0.2, -0.15) is 0 Å². The molecule has 0 aliphatic rings. The number of carbonyl (C=O) groups is 1. The molecule has 0 bridgehead atoms. The number of aldehydes is 1. The Bertz CT molecular complexity index is 579. The molecule has 0 unspecified atom stereocenters. The summed E-state index contributed by atoms with van der Waals surface area (Å²) in [7, 11) is 0. The van der Waals surface area contributed by atoms with Crippen LogP contribution < -0.4 is 0 Å².